The van der Waals surface area contributed by atoms with Crippen LogP contribution in [-0.2, 0) is 11.3 Å². The highest BCUT2D eigenvalue weighted by atomic mass is 19.1. The quantitative estimate of drug-likeness (QED) is 0.715. The second kappa shape index (κ2) is 8.53. The zero-order valence-electron chi connectivity index (χ0n) is 12.5. The summed E-state index contributed by atoms with van der Waals surface area (Å²) in [6.45, 7) is 6.23. The summed E-state index contributed by atoms with van der Waals surface area (Å²) in [4.78, 5) is 13.3. The molecule has 0 aliphatic carbocycles. The molecular formula is C15H24FN3O. The first-order chi connectivity index (χ1) is 9.63. The molecule has 0 unspecified atom stereocenters. The van der Waals surface area contributed by atoms with Gasteiger partial charge in [-0.2, -0.15) is 0 Å². The van der Waals surface area contributed by atoms with Crippen molar-refractivity contribution >= 4 is 11.6 Å². The summed E-state index contributed by atoms with van der Waals surface area (Å²) in [7, 11) is 1.58. The summed E-state index contributed by atoms with van der Waals surface area (Å²) >= 11 is 0. The average molecular weight is 281 g/mol. The van der Waals surface area contributed by atoms with E-state index in [1.807, 2.05) is 13.0 Å². The predicted molar refractivity (Wildman–Crippen MR) is 80.4 cm³/mol. The molecule has 0 heterocycles. The number of likely N-dealkylation sites (N-methyl/N-ethyl adjacent to an activating group) is 2. The number of anilines is 1. The third-order valence-corrected chi connectivity index (χ3v) is 3.12. The molecule has 0 fully saturated rings. The normalized spacial score (nSPS) is 10.4. The van der Waals surface area contributed by atoms with E-state index >= 15 is 0 Å². The van der Waals surface area contributed by atoms with Crippen LogP contribution in [0.5, 0.6) is 0 Å². The zero-order chi connectivity index (χ0) is 15.0. The number of rotatable bonds is 8. The van der Waals surface area contributed by atoms with Crippen molar-refractivity contribution in [2.75, 3.05) is 31.6 Å². The number of nitrogens with zero attached hydrogens (tertiary/aromatic N) is 1. The van der Waals surface area contributed by atoms with Crippen molar-refractivity contribution in [1.82, 2.24) is 10.6 Å². The topological polar surface area (TPSA) is 44.4 Å². The Hall–Kier alpha value is -1.62. The molecule has 0 bridgehead atoms. The lowest BCUT2D eigenvalue weighted by molar-refractivity contribution is -0.119. The van der Waals surface area contributed by atoms with Crippen molar-refractivity contribution in [2.24, 2.45) is 0 Å². The van der Waals surface area contributed by atoms with Crippen LogP contribution >= 0.6 is 0 Å². The maximum absolute atomic E-state index is 14.1. The Bertz CT molecular complexity index is 437. The molecule has 0 aliphatic heterocycles. The van der Waals surface area contributed by atoms with Crippen LogP contribution < -0.4 is 15.5 Å². The minimum Gasteiger partial charge on any atom is -0.360 e. The number of nitrogens with one attached hydrogen (secondary N) is 2. The van der Waals surface area contributed by atoms with E-state index in [2.05, 4.69) is 17.6 Å². The van der Waals surface area contributed by atoms with Gasteiger partial charge in [0, 0.05) is 20.1 Å². The van der Waals surface area contributed by atoms with E-state index in [0.29, 0.717) is 18.8 Å². The molecule has 112 valence electrons. The molecule has 4 nitrogen and oxygen atoms in total. The lowest BCUT2D eigenvalue weighted by Crippen LogP contribution is -2.36. The van der Waals surface area contributed by atoms with Crippen LogP contribution in [0, 0.1) is 5.82 Å². The second-order valence-corrected chi connectivity index (χ2v) is 4.61. The molecule has 20 heavy (non-hydrogen) atoms. The molecule has 1 rings (SSSR count). The van der Waals surface area contributed by atoms with Crippen molar-refractivity contribution in [3.05, 3.63) is 29.6 Å². The van der Waals surface area contributed by atoms with E-state index in [4.69, 9.17) is 0 Å². The molecule has 0 radical (unpaired) electrons. The van der Waals surface area contributed by atoms with E-state index in [1.54, 1.807) is 18.0 Å². The molecule has 0 saturated carbocycles. The van der Waals surface area contributed by atoms with Gasteiger partial charge in [-0.1, -0.05) is 19.1 Å². The fraction of sp³-hybridized carbons (Fsp3) is 0.533. The van der Waals surface area contributed by atoms with Gasteiger partial charge in [-0.25, -0.2) is 4.39 Å². The first-order valence-electron chi connectivity index (χ1n) is 7.07. The largest absolute Gasteiger partial charge is 0.360 e. The summed E-state index contributed by atoms with van der Waals surface area (Å²) < 4.78 is 14.1. The molecular weight excluding hydrogens is 257 g/mol. The number of hydrogen-bond donors (Lipinski definition) is 2. The Morgan fingerprint density at radius 1 is 1.35 bits per heavy atom. The van der Waals surface area contributed by atoms with Gasteiger partial charge >= 0.3 is 0 Å². The molecule has 1 aromatic carbocycles. The molecule has 0 aromatic heterocycles. The van der Waals surface area contributed by atoms with Crippen LogP contribution in [-0.4, -0.2) is 32.6 Å². The van der Waals surface area contributed by atoms with Gasteiger partial charge in [0.1, 0.15) is 5.82 Å². The van der Waals surface area contributed by atoms with Crippen molar-refractivity contribution < 1.29 is 9.18 Å². The van der Waals surface area contributed by atoms with Gasteiger partial charge < -0.3 is 15.5 Å². The van der Waals surface area contributed by atoms with Crippen LogP contribution in [0.2, 0.25) is 0 Å². The van der Waals surface area contributed by atoms with E-state index < -0.39 is 0 Å². The van der Waals surface area contributed by atoms with Crippen LogP contribution in [0.3, 0.4) is 0 Å². The Kier molecular flexibility index (Phi) is 7.01. The molecule has 2 N–H and O–H groups in total. The molecule has 5 heteroatoms. The van der Waals surface area contributed by atoms with Gasteiger partial charge in [-0.3, -0.25) is 4.79 Å². The number of halogens is 1. The lowest BCUT2D eigenvalue weighted by Gasteiger charge is -2.25. The Balaban J connectivity index is 2.96. The van der Waals surface area contributed by atoms with E-state index in [-0.39, 0.29) is 18.3 Å². The predicted octanol–water partition coefficient (Wildman–Crippen LogP) is 1.90. The van der Waals surface area contributed by atoms with Crippen molar-refractivity contribution in [3.63, 3.8) is 0 Å². The number of para-hydroxylation sites is 1. The van der Waals surface area contributed by atoms with E-state index in [9.17, 15) is 9.18 Å². The zero-order valence-corrected chi connectivity index (χ0v) is 12.5. The molecule has 0 spiro atoms. The summed E-state index contributed by atoms with van der Waals surface area (Å²) in [5, 5.41) is 5.84. The lowest BCUT2D eigenvalue weighted by atomic mass is 10.1. The fourth-order valence-corrected chi connectivity index (χ4v) is 2.06. The number of carbonyl (C=O) groups is 1. The summed E-state index contributed by atoms with van der Waals surface area (Å²) in [6.07, 6.45) is 1.03. The molecule has 0 atom stereocenters. The first-order valence-corrected chi connectivity index (χ1v) is 7.07. The van der Waals surface area contributed by atoms with Crippen LogP contribution in [0.15, 0.2) is 18.2 Å². The molecule has 1 aromatic rings. The van der Waals surface area contributed by atoms with Gasteiger partial charge in [0.05, 0.1) is 12.2 Å². The highest BCUT2D eigenvalue weighted by Crippen LogP contribution is 2.24. The van der Waals surface area contributed by atoms with E-state index in [1.165, 1.54) is 6.07 Å². The Morgan fingerprint density at radius 3 is 2.70 bits per heavy atom. The monoisotopic (exact) mass is 281 g/mol. The fourth-order valence-electron chi connectivity index (χ4n) is 2.06. The summed E-state index contributed by atoms with van der Waals surface area (Å²) in [5.41, 5.74) is 1.39. The number of hydrogen-bond acceptors (Lipinski definition) is 3. The highest BCUT2D eigenvalue weighted by Gasteiger charge is 2.16. The van der Waals surface area contributed by atoms with Crippen LogP contribution in [0.4, 0.5) is 10.1 Å². The van der Waals surface area contributed by atoms with Crippen molar-refractivity contribution in [3.8, 4) is 0 Å². The standard InChI is InChI=1S/C15H24FN3O/c1-4-9-18-10-12-7-6-8-13(16)15(12)19(5-2)11-14(20)17-3/h6-8,18H,4-5,9-11H2,1-3H3,(H,17,20). The smallest absolute Gasteiger partial charge is 0.239 e. The third-order valence-electron chi connectivity index (χ3n) is 3.12. The summed E-state index contributed by atoms with van der Waals surface area (Å²) in [6, 6.07) is 5.04. The molecule has 0 aliphatic rings. The maximum atomic E-state index is 14.1. The van der Waals surface area contributed by atoms with Crippen molar-refractivity contribution in [2.45, 2.75) is 26.8 Å². The van der Waals surface area contributed by atoms with Crippen LogP contribution in [0.25, 0.3) is 0 Å². The number of amides is 1. The second-order valence-electron chi connectivity index (χ2n) is 4.61. The average Bonchev–Trinajstić information content (AvgIpc) is 2.45. The first kappa shape index (κ1) is 16.4. The Labute approximate surface area is 120 Å². The van der Waals surface area contributed by atoms with Gasteiger partial charge in [-0.15, -0.1) is 0 Å². The van der Waals surface area contributed by atoms with Gasteiger partial charge in [0.25, 0.3) is 0 Å². The van der Waals surface area contributed by atoms with Gasteiger partial charge in [-0.05, 0) is 31.5 Å². The van der Waals surface area contributed by atoms with Gasteiger partial charge in [0.15, 0.2) is 0 Å². The molecule has 0 saturated heterocycles. The third kappa shape index (κ3) is 4.49. The minimum atomic E-state index is -0.286. The highest BCUT2D eigenvalue weighted by molar-refractivity contribution is 5.81. The van der Waals surface area contributed by atoms with Crippen molar-refractivity contribution in [1.29, 1.82) is 0 Å². The van der Waals surface area contributed by atoms with Gasteiger partial charge in [0.2, 0.25) is 5.91 Å². The molecule has 1 amide bonds. The van der Waals surface area contributed by atoms with Crippen LogP contribution in [0.1, 0.15) is 25.8 Å². The SMILES string of the molecule is CCCNCc1cccc(F)c1N(CC)CC(=O)NC. The Morgan fingerprint density at radius 2 is 2.10 bits per heavy atom. The minimum absolute atomic E-state index is 0.123. The summed E-state index contributed by atoms with van der Waals surface area (Å²) in [5.74, 6) is -0.408. The number of carbonyl (C=O) groups excluding carboxylic acids is 1. The van der Waals surface area contributed by atoms with E-state index in [0.717, 1.165) is 18.5 Å². The number of benzene rings is 1. The maximum Gasteiger partial charge on any atom is 0.239 e.